The van der Waals surface area contributed by atoms with Gasteiger partial charge in [-0.15, -0.1) is 11.3 Å². The fraction of sp³-hybridized carbons (Fsp3) is 0.182. The predicted octanol–water partition coefficient (Wildman–Crippen LogP) is 3.64. The molecule has 0 aliphatic carbocycles. The first-order valence-corrected chi connectivity index (χ1v) is 10.8. The van der Waals surface area contributed by atoms with Crippen molar-refractivity contribution >= 4 is 56.5 Å². The maximum absolute atomic E-state index is 14.4. The second-order valence-electron chi connectivity index (χ2n) is 7.48. The van der Waals surface area contributed by atoms with Gasteiger partial charge in [-0.05, 0) is 30.7 Å². The van der Waals surface area contributed by atoms with Crippen LogP contribution in [-0.4, -0.2) is 46.9 Å². The molecule has 1 atom stereocenters. The van der Waals surface area contributed by atoms with Crippen molar-refractivity contribution in [2.24, 2.45) is 0 Å². The summed E-state index contributed by atoms with van der Waals surface area (Å²) in [5.74, 6) is -1.07. The van der Waals surface area contributed by atoms with Gasteiger partial charge in [-0.2, -0.15) is 0 Å². The molecule has 4 amide bonds. The molecule has 1 saturated heterocycles. The number of aromatic nitrogens is 1. The Morgan fingerprint density at radius 2 is 2.09 bits per heavy atom. The zero-order valence-corrected chi connectivity index (χ0v) is 17.6. The Hall–Kier alpha value is -3.79. The third kappa shape index (κ3) is 3.19. The van der Waals surface area contributed by atoms with E-state index in [2.05, 4.69) is 22.2 Å². The smallest absolute Gasteiger partial charge is 0.331 e. The third-order valence-electron chi connectivity index (χ3n) is 5.56. The van der Waals surface area contributed by atoms with Crippen molar-refractivity contribution in [1.82, 2.24) is 15.2 Å². The van der Waals surface area contributed by atoms with Crippen molar-refractivity contribution in [3.05, 3.63) is 59.9 Å². The Morgan fingerprint density at radius 3 is 2.88 bits per heavy atom. The number of urea groups is 1. The lowest BCUT2D eigenvalue weighted by molar-refractivity contribution is -0.125. The second-order valence-corrected chi connectivity index (χ2v) is 8.48. The quantitative estimate of drug-likeness (QED) is 0.592. The van der Waals surface area contributed by atoms with E-state index < -0.39 is 11.8 Å². The maximum Gasteiger partial charge on any atom is 0.331 e. The van der Waals surface area contributed by atoms with E-state index in [4.69, 9.17) is 0 Å². The molecule has 5 rings (SSSR count). The van der Waals surface area contributed by atoms with Crippen LogP contribution in [0.25, 0.3) is 10.2 Å². The summed E-state index contributed by atoms with van der Waals surface area (Å²) in [5, 5.41) is 6.27. The average Bonchev–Trinajstić information content (AvgIpc) is 3.40. The van der Waals surface area contributed by atoms with Crippen LogP contribution >= 0.6 is 11.3 Å². The number of carbonyl (C=O) groups is 3. The van der Waals surface area contributed by atoms with Crippen LogP contribution in [-0.2, 0) is 4.79 Å². The lowest BCUT2D eigenvalue weighted by Crippen LogP contribution is -2.39. The number of anilines is 3. The standard InChI is InChI=1S/C22H18FN5O3S/c1-2-16(29)27-10-8-12(11-27)25-20(30)19-18-17-15(7-9-24-21(17)32-19)28(22(31)26-18)14-6-4-3-5-13(14)23/h2-7,9,12H,1,8,10-11H2,(H,25,30)(H,26,31). The first-order chi connectivity index (χ1) is 15.5. The van der Waals surface area contributed by atoms with Crippen LogP contribution in [0, 0.1) is 5.82 Å². The number of halogens is 1. The van der Waals surface area contributed by atoms with Gasteiger partial charge in [-0.25, -0.2) is 14.2 Å². The molecule has 0 radical (unpaired) electrons. The fourth-order valence-electron chi connectivity index (χ4n) is 4.07. The van der Waals surface area contributed by atoms with Gasteiger partial charge in [-0.1, -0.05) is 18.7 Å². The molecule has 162 valence electrons. The van der Waals surface area contributed by atoms with Crippen LogP contribution < -0.4 is 15.5 Å². The highest BCUT2D eigenvalue weighted by atomic mass is 32.1. The largest absolute Gasteiger partial charge is 0.347 e. The Labute approximate surface area is 186 Å². The molecule has 2 aliphatic heterocycles. The van der Waals surface area contributed by atoms with Gasteiger partial charge in [0.25, 0.3) is 5.91 Å². The molecular weight excluding hydrogens is 433 g/mol. The maximum atomic E-state index is 14.4. The summed E-state index contributed by atoms with van der Waals surface area (Å²) in [4.78, 5) is 45.9. The van der Waals surface area contributed by atoms with Gasteiger partial charge < -0.3 is 15.5 Å². The highest BCUT2D eigenvalue weighted by Crippen LogP contribution is 2.46. The molecule has 2 N–H and O–H groups in total. The molecule has 1 unspecified atom stereocenters. The summed E-state index contributed by atoms with van der Waals surface area (Å²) in [7, 11) is 0. The van der Waals surface area contributed by atoms with Gasteiger partial charge >= 0.3 is 6.03 Å². The van der Waals surface area contributed by atoms with E-state index in [1.54, 1.807) is 23.1 Å². The lowest BCUT2D eigenvalue weighted by atomic mass is 10.1. The minimum absolute atomic E-state index is 0.110. The van der Waals surface area contributed by atoms with Crippen molar-refractivity contribution in [2.75, 3.05) is 23.3 Å². The molecule has 1 aromatic carbocycles. The van der Waals surface area contributed by atoms with Gasteiger partial charge in [0.1, 0.15) is 15.5 Å². The number of rotatable bonds is 4. The van der Waals surface area contributed by atoms with E-state index in [1.165, 1.54) is 29.3 Å². The summed E-state index contributed by atoms with van der Waals surface area (Å²) in [6.07, 6.45) is 3.41. The van der Waals surface area contributed by atoms with E-state index in [1.807, 2.05) is 0 Å². The van der Waals surface area contributed by atoms with Crippen molar-refractivity contribution in [3.63, 3.8) is 0 Å². The number of para-hydroxylation sites is 1. The van der Waals surface area contributed by atoms with E-state index in [0.29, 0.717) is 46.0 Å². The number of thiophene rings is 1. The number of hydrogen-bond donors (Lipinski definition) is 2. The van der Waals surface area contributed by atoms with Crippen molar-refractivity contribution in [1.29, 1.82) is 0 Å². The highest BCUT2D eigenvalue weighted by molar-refractivity contribution is 7.21. The molecule has 32 heavy (non-hydrogen) atoms. The number of amides is 4. The second kappa shape index (κ2) is 7.72. The number of pyridine rings is 1. The van der Waals surface area contributed by atoms with Crippen LogP contribution in [0.3, 0.4) is 0 Å². The molecular formula is C22H18FN5O3S. The summed E-state index contributed by atoms with van der Waals surface area (Å²) >= 11 is 1.15. The summed E-state index contributed by atoms with van der Waals surface area (Å²) < 4.78 is 14.4. The molecule has 3 aromatic rings. The van der Waals surface area contributed by atoms with Crippen molar-refractivity contribution < 1.29 is 18.8 Å². The topological polar surface area (TPSA) is 94.6 Å². The third-order valence-corrected chi connectivity index (χ3v) is 6.65. The van der Waals surface area contributed by atoms with E-state index >= 15 is 0 Å². The Bertz CT molecular complexity index is 1290. The van der Waals surface area contributed by atoms with Crippen LogP contribution in [0.1, 0.15) is 16.1 Å². The zero-order valence-electron chi connectivity index (χ0n) is 16.8. The molecule has 8 nitrogen and oxygen atoms in total. The number of likely N-dealkylation sites (tertiary alicyclic amines) is 1. The van der Waals surface area contributed by atoms with Crippen molar-refractivity contribution in [3.8, 4) is 0 Å². The number of benzene rings is 1. The van der Waals surface area contributed by atoms with Crippen LogP contribution in [0.15, 0.2) is 49.2 Å². The van der Waals surface area contributed by atoms with E-state index in [9.17, 15) is 18.8 Å². The minimum Gasteiger partial charge on any atom is -0.347 e. The lowest BCUT2D eigenvalue weighted by Gasteiger charge is -2.28. The van der Waals surface area contributed by atoms with Crippen LogP contribution in [0.5, 0.6) is 0 Å². The first-order valence-electron chi connectivity index (χ1n) is 9.97. The minimum atomic E-state index is -0.564. The first kappa shape index (κ1) is 20.1. The normalized spacial score (nSPS) is 17.4. The number of carbonyl (C=O) groups excluding carboxylic acids is 3. The SMILES string of the molecule is C=CC(=O)N1CCC(NC(=O)c2sc3nccc4c3c2NC(=O)N4c2ccccc2F)C1. The Morgan fingerprint density at radius 1 is 1.28 bits per heavy atom. The summed E-state index contributed by atoms with van der Waals surface area (Å²) in [6, 6.07) is 6.85. The van der Waals surface area contributed by atoms with E-state index in [-0.39, 0.29) is 23.5 Å². The Balaban J connectivity index is 1.49. The summed E-state index contributed by atoms with van der Waals surface area (Å²) in [5.41, 5.74) is 0.927. The fourth-order valence-corrected chi connectivity index (χ4v) is 5.10. The monoisotopic (exact) mass is 451 g/mol. The predicted molar refractivity (Wildman–Crippen MR) is 120 cm³/mol. The molecule has 4 heterocycles. The van der Waals surface area contributed by atoms with Crippen molar-refractivity contribution in [2.45, 2.75) is 12.5 Å². The molecule has 2 aromatic heterocycles. The van der Waals surface area contributed by atoms with Crippen LogP contribution in [0.2, 0.25) is 0 Å². The van der Waals surface area contributed by atoms with Gasteiger partial charge in [0.15, 0.2) is 0 Å². The number of nitrogens with one attached hydrogen (secondary N) is 2. The Kier molecular flexibility index (Phi) is 4.86. The van der Waals surface area contributed by atoms with Gasteiger partial charge in [0, 0.05) is 25.3 Å². The molecule has 0 spiro atoms. The molecule has 0 bridgehead atoms. The van der Waals surface area contributed by atoms with Gasteiger partial charge in [-0.3, -0.25) is 14.5 Å². The van der Waals surface area contributed by atoms with E-state index in [0.717, 1.165) is 11.3 Å². The molecule has 10 heteroatoms. The zero-order chi connectivity index (χ0) is 22.4. The number of nitrogens with zero attached hydrogens (tertiary/aromatic N) is 3. The molecule has 1 fully saturated rings. The average molecular weight is 451 g/mol. The van der Waals surface area contributed by atoms with Crippen LogP contribution in [0.4, 0.5) is 26.2 Å². The van der Waals surface area contributed by atoms with Gasteiger partial charge in [0.2, 0.25) is 5.91 Å². The highest BCUT2D eigenvalue weighted by Gasteiger charge is 2.34. The van der Waals surface area contributed by atoms with Gasteiger partial charge in [0.05, 0.1) is 22.4 Å². The molecule has 2 aliphatic rings. The summed E-state index contributed by atoms with van der Waals surface area (Å²) in [6.45, 7) is 4.42. The molecule has 0 saturated carbocycles. The number of hydrogen-bond acceptors (Lipinski definition) is 5.